The first kappa shape index (κ1) is 67.1. The van der Waals surface area contributed by atoms with Crippen LogP contribution in [0.3, 0.4) is 0 Å². The second kappa shape index (κ2) is 46.1. The molecule has 1 unspecified atom stereocenters. The number of hydrogen-bond acceptors (Lipinski definition) is 12. The molecule has 1 saturated carbocycles. The molecule has 1 aliphatic carbocycles. The highest BCUT2D eigenvalue weighted by Crippen LogP contribution is 2.32. The Balaban J connectivity index is 2.36. The summed E-state index contributed by atoms with van der Waals surface area (Å²) in [6.07, 6.45) is 33.6. The number of carbonyl (C=O) groups is 6. The van der Waals surface area contributed by atoms with Gasteiger partial charge >= 0.3 is 23.9 Å². The van der Waals surface area contributed by atoms with Gasteiger partial charge in [0.1, 0.15) is 18.5 Å². The van der Waals surface area contributed by atoms with Crippen molar-refractivity contribution in [2.75, 3.05) is 6.61 Å². The number of ether oxygens (including phenoxy) is 5. The van der Waals surface area contributed by atoms with Crippen LogP contribution in [-0.2, 0) is 57.3 Å². The highest BCUT2D eigenvalue weighted by molar-refractivity contribution is 5.88. The summed E-state index contributed by atoms with van der Waals surface area (Å²) in [4.78, 5) is 86.7. The summed E-state index contributed by atoms with van der Waals surface area (Å²) in [6, 6.07) is 0. The first-order valence-electron chi connectivity index (χ1n) is 31.0. The average molecular weight is 1050 g/mol. The molecule has 74 heavy (non-hydrogen) atoms. The third-order valence-corrected chi connectivity index (χ3v) is 14.9. The molecule has 0 radical (unpaired) electrons. The Bertz CT molecular complexity index is 1460. The lowest BCUT2D eigenvalue weighted by atomic mass is 9.97. The number of amides is 1. The number of hydroxylamine groups is 1. The van der Waals surface area contributed by atoms with Crippen LogP contribution in [0.5, 0.6) is 0 Å². The highest BCUT2D eigenvalue weighted by atomic mass is 16.8. The summed E-state index contributed by atoms with van der Waals surface area (Å²) in [5, 5.41) is 0. The van der Waals surface area contributed by atoms with E-state index in [0.717, 1.165) is 96.3 Å². The molecule has 1 N–H and O–H groups in total. The van der Waals surface area contributed by atoms with Crippen LogP contribution in [0.4, 0.5) is 0 Å². The van der Waals surface area contributed by atoms with Gasteiger partial charge in [0.05, 0.1) is 0 Å². The summed E-state index contributed by atoms with van der Waals surface area (Å²) < 4.78 is 30.9. The largest absolute Gasteiger partial charge is 0.463 e. The number of rotatable bonds is 49. The molecule has 1 saturated heterocycles. The van der Waals surface area contributed by atoms with Crippen LogP contribution in [0.25, 0.3) is 0 Å². The lowest BCUT2D eigenvalue weighted by Gasteiger charge is -2.44. The maximum absolute atomic E-state index is 13.9. The van der Waals surface area contributed by atoms with E-state index in [4.69, 9.17) is 28.5 Å². The molecule has 2 rings (SSSR count). The topological polar surface area (TPSA) is 170 Å². The van der Waals surface area contributed by atoms with Gasteiger partial charge in [-0.3, -0.25) is 28.8 Å². The average Bonchev–Trinajstić information content (AvgIpc) is 3.79. The zero-order chi connectivity index (χ0) is 53.7. The molecule has 6 atom stereocenters. The van der Waals surface area contributed by atoms with E-state index >= 15 is 0 Å². The molecular formula is C61H109NO12. The molecule has 0 bridgehead atoms. The Morgan fingerprint density at radius 1 is 0.446 bits per heavy atom. The number of carbonyl (C=O) groups excluding carboxylic acids is 6. The minimum absolute atomic E-state index is 0.0210. The molecule has 430 valence electrons. The van der Waals surface area contributed by atoms with Gasteiger partial charge in [0.15, 0.2) is 18.3 Å². The number of hydrogen-bond donors (Lipinski definition) is 1. The SMILES string of the molecule is CCCCCCCCCCCC(=O)OC[C@H]1O[C@H](ONC(=O)CC2CCCC2=O)[C@H](OC(=O)CCCCCCCCCCC)[C@@H](OC(=O)CCCCCCCCCCC)[C@H]1OC(=O)CCCCCCCCCCC. The number of unbranched alkanes of at least 4 members (excludes halogenated alkanes) is 32. The van der Waals surface area contributed by atoms with Crippen molar-refractivity contribution in [3.05, 3.63) is 0 Å². The van der Waals surface area contributed by atoms with Crippen molar-refractivity contribution in [1.29, 1.82) is 0 Å². The fourth-order valence-corrected chi connectivity index (χ4v) is 10.2. The maximum Gasteiger partial charge on any atom is 0.306 e. The third-order valence-electron chi connectivity index (χ3n) is 14.9. The van der Waals surface area contributed by atoms with Gasteiger partial charge in [0, 0.05) is 44.4 Å². The Morgan fingerprint density at radius 2 is 0.784 bits per heavy atom. The minimum atomic E-state index is -1.55. The first-order valence-corrected chi connectivity index (χ1v) is 31.0. The molecule has 0 aromatic carbocycles. The summed E-state index contributed by atoms with van der Waals surface area (Å²) in [5.41, 5.74) is 2.43. The predicted molar refractivity (Wildman–Crippen MR) is 293 cm³/mol. The second-order valence-corrected chi connectivity index (χ2v) is 21.8. The lowest BCUT2D eigenvalue weighted by molar-refractivity contribution is -0.319. The zero-order valence-electron chi connectivity index (χ0n) is 47.7. The van der Waals surface area contributed by atoms with Crippen molar-refractivity contribution in [3.8, 4) is 0 Å². The Kier molecular flexibility index (Phi) is 41.7. The number of Topliss-reactive ketones (excluding diaryl/α,β-unsaturated/α-hetero) is 1. The van der Waals surface area contributed by atoms with Gasteiger partial charge in [0.2, 0.25) is 12.2 Å². The van der Waals surface area contributed by atoms with Gasteiger partial charge in [0.25, 0.3) is 0 Å². The summed E-state index contributed by atoms with van der Waals surface area (Å²) >= 11 is 0. The van der Waals surface area contributed by atoms with Gasteiger partial charge in [-0.05, 0) is 38.5 Å². The van der Waals surface area contributed by atoms with Crippen LogP contribution < -0.4 is 5.48 Å². The second-order valence-electron chi connectivity index (χ2n) is 21.8. The van der Waals surface area contributed by atoms with Crippen LogP contribution >= 0.6 is 0 Å². The molecule has 13 heteroatoms. The maximum atomic E-state index is 13.9. The van der Waals surface area contributed by atoms with Crippen molar-refractivity contribution in [2.24, 2.45) is 5.92 Å². The van der Waals surface area contributed by atoms with E-state index < -0.39 is 66.4 Å². The molecule has 0 aromatic heterocycles. The van der Waals surface area contributed by atoms with E-state index in [1.165, 1.54) is 109 Å². The summed E-state index contributed by atoms with van der Waals surface area (Å²) in [7, 11) is 0. The van der Waals surface area contributed by atoms with Gasteiger partial charge in [-0.2, -0.15) is 0 Å². The monoisotopic (exact) mass is 1050 g/mol. The van der Waals surface area contributed by atoms with E-state index in [9.17, 15) is 28.8 Å². The van der Waals surface area contributed by atoms with E-state index in [0.29, 0.717) is 44.9 Å². The number of ketones is 1. The quantitative estimate of drug-likeness (QED) is 0.0265. The molecule has 2 aliphatic rings. The van der Waals surface area contributed by atoms with Crippen LogP contribution in [0.1, 0.15) is 310 Å². The molecule has 0 aromatic rings. The van der Waals surface area contributed by atoms with Crippen molar-refractivity contribution >= 4 is 35.6 Å². The molecule has 1 aliphatic heterocycles. The first-order chi connectivity index (χ1) is 36.1. The predicted octanol–water partition coefficient (Wildman–Crippen LogP) is 15.5. The van der Waals surface area contributed by atoms with Gasteiger partial charge in [-0.25, -0.2) is 10.3 Å². The van der Waals surface area contributed by atoms with E-state index in [-0.39, 0.29) is 44.5 Å². The molecule has 1 amide bonds. The normalized spacial score (nSPS) is 19.6. The fraction of sp³-hybridized carbons (Fsp3) is 0.902. The molecule has 2 fully saturated rings. The van der Waals surface area contributed by atoms with E-state index in [1.54, 1.807) is 0 Å². The van der Waals surface area contributed by atoms with Crippen LogP contribution in [0.2, 0.25) is 0 Å². The van der Waals surface area contributed by atoms with Gasteiger partial charge < -0.3 is 23.7 Å². The number of esters is 4. The van der Waals surface area contributed by atoms with Gasteiger partial charge in [-0.1, -0.05) is 233 Å². The highest BCUT2D eigenvalue weighted by Gasteiger charge is 2.54. The van der Waals surface area contributed by atoms with Crippen LogP contribution in [0.15, 0.2) is 0 Å². The Morgan fingerprint density at radius 3 is 1.15 bits per heavy atom. The van der Waals surface area contributed by atoms with Crippen molar-refractivity contribution in [2.45, 2.75) is 341 Å². The molecule has 13 nitrogen and oxygen atoms in total. The van der Waals surface area contributed by atoms with E-state index in [2.05, 4.69) is 33.2 Å². The molecule has 1 heterocycles. The minimum Gasteiger partial charge on any atom is -0.463 e. The van der Waals surface area contributed by atoms with Crippen LogP contribution in [0, 0.1) is 5.92 Å². The standard InChI is InChI=1S/C61H109NO12/c1-5-9-13-17-21-25-29-33-37-44-54(65)69-49-52-58(71-55(66)45-38-34-30-26-22-18-14-10-6-2)59(72-56(67)46-39-35-31-27-23-19-15-11-7-3)60(73-57(68)47-40-36-32-28-24-20-16-12-8-4)61(70-52)74-62-53(64)48-50-42-41-43-51(50)63/h50,52,58-61H,5-49H2,1-4H3,(H,62,64)/t50?,52-,58+,59+,60-,61-/m1/s1. The Labute approximate surface area is 450 Å². The van der Waals surface area contributed by atoms with Crippen LogP contribution in [-0.4, -0.2) is 72.9 Å². The summed E-state index contributed by atoms with van der Waals surface area (Å²) in [5.74, 6) is -3.11. The molecule has 0 spiro atoms. The van der Waals surface area contributed by atoms with Crippen molar-refractivity contribution in [3.63, 3.8) is 0 Å². The number of nitrogens with one attached hydrogen (secondary N) is 1. The zero-order valence-corrected chi connectivity index (χ0v) is 47.7. The molecular weight excluding hydrogens is 939 g/mol. The smallest absolute Gasteiger partial charge is 0.306 e. The lowest BCUT2D eigenvalue weighted by Crippen LogP contribution is -2.64. The van der Waals surface area contributed by atoms with Gasteiger partial charge in [-0.15, -0.1) is 0 Å². The van der Waals surface area contributed by atoms with Crippen molar-refractivity contribution in [1.82, 2.24) is 5.48 Å². The van der Waals surface area contributed by atoms with Crippen molar-refractivity contribution < 1.29 is 57.3 Å². The Hall–Kier alpha value is -3.06. The third kappa shape index (κ3) is 33.9. The summed E-state index contributed by atoms with van der Waals surface area (Å²) in [6.45, 7) is 8.45. The fourth-order valence-electron chi connectivity index (χ4n) is 10.2. The van der Waals surface area contributed by atoms with E-state index in [1.807, 2.05) is 0 Å².